The molecule has 0 fully saturated rings. The summed E-state index contributed by atoms with van der Waals surface area (Å²) in [6.07, 6.45) is 0. The van der Waals surface area contributed by atoms with E-state index in [1.165, 1.54) is 0 Å². The first-order chi connectivity index (χ1) is 7.24. The van der Waals surface area contributed by atoms with Gasteiger partial charge in [-0.2, -0.15) is 0 Å². The van der Waals surface area contributed by atoms with E-state index < -0.39 is 0 Å². The van der Waals surface area contributed by atoms with Crippen molar-refractivity contribution >= 4 is 33.2 Å². The maximum atomic E-state index is 5.76. The molecule has 1 aromatic heterocycles. The van der Waals surface area contributed by atoms with E-state index in [4.69, 9.17) is 11.5 Å². The SMILES string of the molecule is Nc1c[c]c2[nH]c3ccc(N)cc3c2c1. The van der Waals surface area contributed by atoms with Crippen LogP contribution in [0.5, 0.6) is 0 Å². The number of hydrogen-bond acceptors (Lipinski definition) is 2. The average Bonchev–Trinajstić information content (AvgIpc) is 2.56. The molecule has 0 saturated heterocycles. The molecular weight excluding hydrogens is 186 g/mol. The molecule has 3 rings (SSSR count). The van der Waals surface area contributed by atoms with Crippen molar-refractivity contribution in [1.29, 1.82) is 0 Å². The predicted molar refractivity (Wildman–Crippen MR) is 63.5 cm³/mol. The molecule has 0 atom stereocenters. The Labute approximate surface area is 86.7 Å². The number of nitrogen functional groups attached to an aromatic ring is 2. The van der Waals surface area contributed by atoms with Crippen LogP contribution in [0.25, 0.3) is 21.8 Å². The number of hydrogen-bond donors (Lipinski definition) is 3. The van der Waals surface area contributed by atoms with Crippen LogP contribution < -0.4 is 11.5 Å². The predicted octanol–water partition coefficient (Wildman–Crippen LogP) is 2.29. The lowest BCUT2D eigenvalue weighted by atomic mass is 10.1. The van der Waals surface area contributed by atoms with Crippen LogP contribution in [0.3, 0.4) is 0 Å². The van der Waals surface area contributed by atoms with E-state index in [1.807, 2.05) is 24.3 Å². The highest BCUT2D eigenvalue weighted by Gasteiger charge is 2.04. The Morgan fingerprint density at radius 1 is 1.00 bits per heavy atom. The summed E-state index contributed by atoms with van der Waals surface area (Å²) in [5, 5.41) is 2.16. The van der Waals surface area contributed by atoms with E-state index in [-0.39, 0.29) is 0 Å². The maximum absolute atomic E-state index is 5.76. The molecule has 0 unspecified atom stereocenters. The zero-order chi connectivity index (χ0) is 10.4. The van der Waals surface area contributed by atoms with Gasteiger partial charge in [0.2, 0.25) is 0 Å². The van der Waals surface area contributed by atoms with Gasteiger partial charge in [0, 0.05) is 33.7 Å². The van der Waals surface area contributed by atoms with Crippen molar-refractivity contribution in [3.05, 3.63) is 36.4 Å². The summed E-state index contributed by atoms with van der Waals surface area (Å²) >= 11 is 0. The van der Waals surface area contributed by atoms with Gasteiger partial charge in [-0.15, -0.1) is 0 Å². The second-order valence-electron chi connectivity index (χ2n) is 3.65. The molecule has 3 nitrogen and oxygen atoms in total. The molecule has 0 aliphatic heterocycles. The second kappa shape index (κ2) is 2.67. The molecule has 2 aromatic carbocycles. The third-order valence-corrected chi connectivity index (χ3v) is 2.56. The number of aromatic amines is 1. The van der Waals surface area contributed by atoms with Crippen LogP contribution in [0, 0.1) is 6.07 Å². The monoisotopic (exact) mass is 196 g/mol. The molecule has 1 radical (unpaired) electrons. The number of anilines is 2. The zero-order valence-electron chi connectivity index (χ0n) is 8.04. The summed E-state index contributed by atoms with van der Waals surface area (Å²) in [7, 11) is 0. The molecular formula is C12H10N3. The number of nitrogens with one attached hydrogen (secondary N) is 1. The van der Waals surface area contributed by atoms with Crippen molar-refractivity contribution in [2.24, 2.45) is 0 Å². The van der Waals surface area contributed by atoms with Crippen LogP contribution >= 0.6 is 0 Å². The van der Waals surface area contributed by atoms with E-state index in [1.54, 1.807) is 6.07 Å². The molecule has 0 saturated carbocycles. The maximum Gasteiger partial charge on any atom is 0.0546 e. The van der Waals surface area contributed by atoms with E-state index in [0.717, 1.165) is 27.5 Å². The van der Waals surface area contributed by atoms with Crippen molar-refractivity contribution in [1.82, 2.24) is 4.98 Å². The van der Waals surface area contributed by atoms with Crippen molar-refractivity contribution < 1.29 is 0 Å². The summed E-state index contributed by atoms with van der Waals surface area (Å²) in [6.45, 7) is 0. The first-order valence-electron chi connectivity index (χ1n) is 4.72. The third-order valence-electron chi connectivity index (χ3n) is 2.56. The van der Waals surface area contributed by atoms with E-state index in [9.17, 15) is 0 Å². The Kier molecular flexibility index (Phi) is 1.45. The minimum Gasteiger partial charge on any atom is -0.399 e. The summed E-state index contributed by atoms with van der Waals surface area (Å²) in [5.74, 6) is 0. The fourth-order valence-corrected chi connectivity index (χ4v) is 1.86. The number of nitrogens with two attached hydrogens (primary N) is 2. The van der Waals surface area contributed by atoms with Crippen LogP contribution in [-0.2, 0) is 0 Å². The van der Waals surface area contributed by atoms with Crippen LogP contribution in [0.15, 0.2) is 30.3 Å². The van der Waals surface area contributed by atoms with Gasteiger partial charge >= 0.3 is 0 Å². The van der Waals surface area contributed by atoms with Crippen LogP contribution in [0.1, 0.15) is 0 Å². The summed E-state index contributed by atoms with van der Waals surface area (Å²) in [4.78, 5) is 3.27. The zero-order valence-corrected chi connectivity index (χ0v) is 8.04. The standard InChI is InChI=1S/C12H10N3/c13-7-1-3-11-9(5-7)10-6-8(14)2-4-12(10)15-11/h1-3,5-6,15H,13-14H2. The molecule has 15 heavy (non-hydrogen) atoms. The van der Waals surface area contributed by atoms with Gasteiger partial charge in [-0.3, -0.25) is 0 Å². The molecule has 0 aliphatic rings. The minimum absolute atomic E-state index is 0.714. The van der Waals surface area contributed by atoms with Gasteiger partial charge < -0.3 is 16.5 Å². The highest BCUT2D eigenvalue weighted by Crippen LogP contribution is 2.27. The van der Waals surface area contributed by atoms with E-state index >= 15 is 0 Å². The number of rotatable bonds is 0. The van der Waals surface area contributed by atoms with Crippen molar-refractivity contribution in [3.63, 3.8) is 0 Å². The Balaban J connectivity index is 2.55. The number of H-pyrrole nitrogens is 1. The van der Waals surface area contributed by atoms with Crippen molar-refractivity contribution in [2.45, 2.75) is 0 Å². The van der Waals surface area contributed by atoms with Gasteiger partial charge in [-0.1, -0.05) is 0 Å². The molecule has 3 aromatic rings. The smallest absolute Gasteiger partial charge is 0.0546 e. The number of benzene rings is 2. The topological polar surface area (TPSA) is 67.8 Å². The molecule has 5 N–H and O–H groups in total. The number of aromatic nitrogens is 1. The quantitative estimate of drug-likeness (QED) is 0.483. The van der Waals surface area contributed by atoms with E-state index in [2.05, 4.69) is 11.1 Å². The normalized spacial score (nSPS) is 11.2. The fraction of sp³-hybridized carbons (Fsp3) is 0. The lowest BCUT2D eigenvalue weighted by molar-refractivity contribution is 1.54. The van der Waals surface area contributed by atoms with Crippen LogP contribution in [-0.4, -0.2) is 4.98 Å². The lowest BCUT2D eigenvalue weighted by Gasteiger charge is -1.94. The first kappa shape index (κ1) is 8.17. The Bertz CT molecular complexity index is 596. The molecule has 73 valence electrons. The first-order valence-corrected chi connectivity index (χ1v) is 4.72. The fourth-order valence-electron chi connectivity index (χ4n) is 1.86. The van der Waals surface area contributed by atoms with Crippen molar-refractivity contribution in [3.8, 4) is 0 Å². The summed E-state index contributed by atoms with van der Waals surface area (Å²) in [6, 6.07) is 12.6. The van der Waals surface area contributed by atoms with Crippen LogP contribution in [0.4, 0.5) is 11.4 Å². The van der Waals surface area contributed by atoms with Gasteiger partial charge in [0.15, 0.2) is 0 Å². The van der Waals surface area contributed by atoms with Gasteiger partial charge in [-0.05, 0) is 30.3 Å². The molecule has 0 amide bonds. The Hall–Kier alpha value is -2.16. The van der Waals surface area contributed by atoms with Crippen molar-refractivity contribution in [2.75, 3.05) is 11.5 Å². The number of fused-ring (bicyclic) bond motifs is 3. The Morgan fingerprint density at radius 2 is 1.80 bits per heavy atom. The van der Waals surface area contributed by atoms with Gasteiger partial charge in [0.25, 0.3) is 0 Å². The van der Waals surface area contributed by atoms with Gasteiger partial charge in [0.1, 0.15) is 0 Å². The summed E-state index contributed by atoms with van der Waals surface area (Å²) in [5.41, 5.74) is 15.0. The third kappa shape index (κ3) is 1.13. The lowest BCUT2D eigenvalue weighted by Crippen LogP contribution is -1.83. The molecule has 0 aliphatic carbocycles. The molecule has 1 heterocycles. The highest BCUT2D eigenvalue weighted by atomic mass is 14.7. The largest absolute Gasteiger partial charge is 0.399 e. The van der Waals surface area contributed by atoms with Gasteiger partial charge in [0.05, 0.1) is 5.52 Å². The Morgan fingerprint density at radius 3 is 2.67 bits per heavy atom. The summed E-state index contributed by atoms with van der Waals surface area (Å²) < 4.78 is 0. The molecule has 3 heteroatoms. The van der Waals surface area contributed by atoms with Gasteiger partial charge in [-0.25, -0.2) is 0 Å². The second-order valence-corrected chi connectivity index (χ2v) is 3.65. The molecule has 0 bridgehead atoms. The van der Waals surface area contributed by atoms with Crippen LogP contribution in [0.2, 0.25) is 0 Å². The van der Waals surface area contributed by atoms with E-state index in [0.29, 0.717) is 5.69 Å². The highest BCUT2D eigenvalue weighted by molar-refractivity contribution is 6.08. The minimum atomic E-state index is 0.714. The molecule has 0 spiro atoms. The average molecular weight is 196 g/mol.